The Labute approximate surface area is 146 Å². The van der Waals surface area contributed by atoms with E-state index in [1.807, 2.05) is 11.0 Å². The summed E-state index contributed by atoms with van der Waals surface area (Å²) in [5.41, 5.74) is -0.581. The van der Waals surface area contributed by atoms with Crippen molar-refractivity contribution in [3.8, 4) is 0 Å². The van der Waals surface area contributed by atoms with E-state index in [2.05, 4.69) is 0 Å². The summed E-state index contributed by atoms with van der Waals surface area (Å²) in [5.74, 6) is -1.78. The maximum Gasteiger partial charge on any atom is 0.338 e. The average molecular weight is 351 g/mol. The lowest BCUT2D eigenvalue weighted by Crippen LogP contribution is -2.44. The van der Waals surface area contributed by atoms with E-state index in [-0.39, 0.29) is 19.1 Å². The second kappa shape index (κ2) is 6.55. The van der Waals surface area contributed by atoms with Crippen LogP contribution in [0.2, 0.25) is 0 Å². The van der Waals surface area contributed by atoms with Crippen molar-refractivity contribution >= 4 is 11.9 Å². The minimum Gasteiger partial charge on any atom is -0.459 e. The van der Waals surface area contributed by atoms with Gasteiger partial charge in [0, 0.05) is 18.7 Å². The van der Waals surface area contributed by atoms with Gasteiger partial charge in [-0.25, -0.2) is 9.59 Å². The maximum absolute atomic E-state index is 12.5. The lowest BCUT2D eigenvalue weighted by Gasteiger charge is -2.29. The molecule has 3 aliphatic heterocycles. The third-order valence-corrected chi connectivity index (χ3v) is 5.62. The standard InChI is InChI=1S/C18H25NO6/c1-4-11-7-10(2)18(3,23)17(22)24-9-12-5-6-19-8-13(25-16(11)21)15(20)14(12)19/h4-5,10,13-15,20,23H,6-9H2,1-3H3/b11-4+/t10?,13-,14-,15-,18-/m1/s1. The van der Waals surface area contributed by atoms with Crippen LogP contribution in [0.4, 0.5) is 0 Å². The quantitative estimate of drug-likeness (QED) is 0.365. The second-order valence-electron chi connectivity index (χ2n) is 7.25. The third-order valence-electron chi connectivity index (χ3n) is 5.62. The Morgan fingerprint density at radius 3 is 2.80 bits per heavy atom. The smallest absolute Gasteiger partial charge is 0.338 e. The number of rotatable bonds is 0. The molecule has 7 heteroatoms. The molecule has 25 heavy (non-hydrogen) atoms. The molecule has 2 fully saturated rings. The molecule has 2 N–H and O–H groups in total. The molecular weight excluding hydrogens is 326 g/mol. The number of hydrogen-bond acceptors (Lipinski definition) is 7. The highest BCUT2D eigenvalue weighted by atomic mass is 16.6. The van der Waals surface area contributed by atoms with Crippen LogP contribution in [0, 0.1) is 5.92 Å². The molecule has 138 valence electrons. The molecule has 0 aromatic rings. The summed E-state index contributed by atoms with van der Waals surface area (Å²) >= 11 is 0. The SMILES string of the molecule is C/C=C1\CC(C)[C@@](C)(O)C(=O)OCC2=CCN3C[C@@H](OC1=O)[C@@H](O)[C@@H]23. The van der Waals surface area contributed by atoms with Gasteiger partial charge in [0.1, 0.15) is 18.8 Å². The van der Waals surface area contributed by atoms with Crippen LogP contribution in [0.25, 0.3) is 0 Å². The van der Waals surface area contributed by atoms with Crippen molar-refractivity contribution < 1.29 is 29.3 Å². The highest BCUT2D eigenvalue weighted by molar-refractivity contribution is 5.89. The monoisotopic (exact) mass is 351 g/mol. The van der Waals surface area contributed by atoms with Gasteiger partial charge in [0.15, 0.2) is 5.60 Å². The van der Waals surface area contributed by atoms with Gasteiger partial charge in [-0.05, 0) is 31.8 Å². The van der Waals surface area contributed by atoms with Crippen LogP contribution in [-0.2, 0) is 19.1 Å². The molecule has 1 unspecified atom stereocenters. The van der Waals surface area contributed by atoms with Crippen molar-refractivity contribution in [2.45, 2.75) is 51.0 Å². The van der Waals surface area contributed by atoms with Crippen LogP contribution in [-0.4, -0.2) is 70.6 Å². The Bertz CT molecular complexity index is 637. The number of allylic oxidation sites excluding steroid dienone is 1. The summed E-state index contributed by atoms with van der Waals surface area (Å²) in [5, 5.41) is 21.2. The number of esters is 2. The van der Waals surface area contributed by atoms with Gasteiger partial charge in [-0.3, -0.25) is 4.90 Å². The molecule has 0 aliphatic carbocycles. The zero-order chi connectivity index (χ0) is 18.4. The zero-order valence-corrected chi connectivity index (χ0v) is 14.8. The lowest BCUT2D eigenvalue weighted by molar-refractivity contribution is -0.168. The van der Waals surface area contributed by atoms with Crippen molar-refractivity contribution in [2.24, 2.45) is 5.92 Å². The first-order valence-corrected chi connectivity index (χ1v) is 8.62. The first kappa shape index (κ1) is 18.1. The fraction of sp³-hybridized carbons (Fsp3) is 0.667. The van der Waals surface area contributed by atoms with E-state index in [0.717, 1.165) is 5.57 Å². The van der Waals surface area contributed by atoms with Crippen LogP contribution in [0.15, 0.2) is 23.3 Å². The van der Waals surface area contributed by atoms with Gasteiger partial charge in [0.2, 0.25) is 0 Å². The summed E-state index contributed by atoms with van der Waals surface area (Å²) in [4.78, 5) is 26.9. The number of carbonyl (C=O) groups is 2. The molecule has 3 rings (SSSR count). The fourth-order valence-electron chi connectivity index (χ4n) is 3.68. The Morgan fingerprint density at radius 2 is 2.12 bits per heavy atom. The van der Waals surface area contributed by atoms with Crippen molar-refractivity contribution in [3.05, 3.63) is 23.3 Å². The molecule has 0 radical (unpaired) electrons. The first-order chi connectivity index (χ1) is 11.8. The molecule has 0 aromatic carbocycles. The van der Waals surface area contributed by atoms with Crippen molar-refractivity contribution in [1.82, 2.24) is 4.90 Å². The van der Waals surface area contributed by atoms with Crippen molar-refractivity contribution in [2.75, 3.05) is 19.7 Å². The minimum atomic E-state index is -1.72. The van der Waals surface area contributed by atoms with E-state index >= 15 is 0 Å². The number of nitrogens with zero attached hydrogens (tertiary/aromatic N) is 1. The number of aliphatic hydroxyl groups excluding tert-OH is 1. The van der Waals surface area contributed by atoms with E-state index in [0.29, 0.717) is 18.7 Å². The van der Waals surface area contributed by atoms with Gasteiger partial charge >= 0.3 is 11.9 Å². The Morgan fingerprint density at radius 1 is 1.40 bits per heavy atom. The van der Waals surface area contributed by atoms with Crippen LogP contribution >= 0.6 is 0 Å². The van der Waals surface area contributed by atoms with Gasteiger partial charge in [-0.15, -0.1) is 0 Å². The number of ether oxygens (including phenoxy) is 2. The summed E-state index contributed by atoms with van der Waals surface area (Å²) in [6, 6.07) is -0.331. The van der Waals surface area contributed by atoms with E-state index in [4.69, 9.17) is 9.47 Å². The minimum absolute atomic E-state index is 0.0110. The summed E-state index contributed by atoms with van der Waals surface area (Å²) in [6.45, 7) is 5.85. The number of carbonyl (C=O) groups excluding carboxylic acids is 2. The Kier molecular flexibility index (Phi) is 4.74. The molecule has 5 atom stereocenters. The molecule has 7 nitrogen and oxygen atoms in total. The molecule has 0 amide bonds. The largest absolute Gasteiger partial charge is 0.459 e. The number of cyclic esters (lactones) is 1. The molecule has 2 bridgehead atoms. The topological polar surface area (TPSA) is 96.3 Å². The van der Waals surface area contributed by atoms with Crippen LogP contribution in [0.1, 0.15) is 27.2 Å². The fourth-order valence-corrected chi connectivity index (χ4v) is 3.68. The van der Waals surface area contributed by atoms with Gasteiger partial charge < -0.3 is 19.7 Å². The normalized spacial score (nSPS) is 41.5. The number of hydrogen-bond donors (Lipinski definition) is 2. The summed E-state index contributed by atoms with van der Waals surface area (Å²) < 4.78 is 10.9. The molecule has 2 saturated heterocycles. The van der Waals surface area contributed by atoms with Gasteiger partial charge in [-0.2, -0.15) is 0 Å². The van der Waals surface area contributed by atoms with Gasteiger partial charge in [-0.1, -0.05) is 19.1 Å². The predicted octanol–water partition coefficient (Wildman–Crippen LogP) is 0.164. The zero-order valence-electron chi connectivity index (χ0n) is 14.8. The summed E-state index contributed by atoms with van der Waals surface area (Å²) in [7, 11) is 0. The second-order valence-corrected chi connectivity index (χ2v) is 7.25. The van der Waals surface area contributed by atoms with Gasteiger partial charge in [0.05, 0.1) is 6.04 Å². The van der Waals surface area contributed by atoms with E-state index in [1.165, 1.54) is 6.92 Å². The van der Waals surface area contributed by atoms with Crippen LogP contribution in [0.3, 0.4) is 0 Å². The maximum atomic E-state index is 12.5. The van der Waals surface area contributed by atoms with Crippen molar-refractivity contribution in [3.63, 3.8) is 0 Å². The van der Waals surface area contributed by atoms with E-state index in [9.17, 15) is 19.8 Å². The highest BCUT2D eigenvalue weighted by Crippen LogP contribution is 2.33. The average Bonchev–Trinajstić information content (AvgIpc) is 3.09. The molecule has 3 heterocycles. The Balaban J connectivity index is 1.92. The van der Waals surface area contributed by atoms with Crippen LogP contribution < -0.4 is 0 Å². The highest BCUT2D eigenvalue weighted by Gasteiger charge is 2.48. The predicted molar refractivity (Wildman–Crippen MR) is 88.5 cm³/mol. The van der Waals surface area contributed by atoms with Gasteiger partial charge in [0.25, 0.3) is 0 Å². The lowest BCUT2D eigenvalue weighted by atomic mass is 9.85. The van der Waals surface area contributed by atoms with E-state index in [1.54, 1.807) is 19.9 Å². The van der Waals surface area contributed by atoms with E-state index < -0.39 is 35.7 Å². The Hall–Kier alpha value is -1.70. The third kappa shape index (κ3) is 3.12. The van der Waals surface area contributed by atoms with Crippen molar-refractivity contribution in [1.29, 1.82) is 0 Å². The number of fused-ring (bicyclic) bond motifs is 1. The molecule has 0 saturated carbocycles. The molecule has 0 spiro atoms. The first-order valence-electron chi connectivity index (χ1n) is 8.62. The molecular formula is C18H25NO6. The van der Waals surface area contributed by atoms with Crippen LogP contribution in [0.5, 0.6) is 0 Å². The molecule has 3 aliphatic rings. The summed E-state index contributed by atoms with van der Waals surface area (Å²) in [6.07, 6.45) is 2.22. The number of aliphatic hydroxyl groups is 2. The molecule has 0 aromatic heterocycles.